The lowest BCUT2D eigenvalue weighted by molar-refractivity contribution is -0.384. The number of aryl methyl sites for hydroxylation is 3. The quantitative estimate of drug-likeness (QED) is 0.543. The van der Waals surface area contributed by atoms with Crippen molar-refractivity contribution in [2.24, 2.45) is 0 Å². The van der Waals surface area contributed by atoms with E-state index in [1.807, 2.05) is 58.9 Å². The largest absolute Gasteiger partial charge is 0.857 e. The van der Waals surface area contributed by atoms with Crippen LogP contribution in [0, 0.1) is 35.3 Å². The molecule has 29 heavy (non-hydrogen) atoms. The van der Waals surface area contributed by atoms with Crippen molar-refractivity contribution in [2.75, 3.05) is 28.3 Å². The van der Waals surface area contributed by atoms with Crippen LogP contribution in [0.2, 0.25) is 0 Å². The van der Waals surface area contributed by atoms with Crippen LogP contribution >= 0.6 is 0 Å². The Balaban J connectivity index is -0.000000330. The van der Waals surface area contributed by atoms with Gasteiger partial charge < -0.3 is 10.0 Å². The van der Waals surface area contributed by atoms with E-state index in [1.54, 1.807) is 12.1 Å². The van der Waals surface area contributed by atoms with Crippen molar-refractivity contribution in [3.63, 3.8) is 0 Å². The zero-order valence-corrected chi connectivity index (χ0v) is 19.1. The molecule has 0 unspecified atom stereocenters. The summed E-state index contributed by atoms with van der Waals surface area (Å²) >= 11 is 0. The van der Waals surface area contributed by atoms with E-state index >= 15 is 0 Å². The molecule has 0 bridgehead atoms. The lowest BCUT2D eigenvalue weighted by Gasteiger charge is -1.97. The summed E-state index contributed by atoms with van der Waals surface area (Å²) < 4.78 is 0. The molecule has 0 N–H and O–H groups in total. The Bertz CT molecular complexity index is 679. The summed E-state index contributed by atoms with van der Waals surface area (Å²) in [5.74, 6) is 0. The molecule has 0 aromatic heterocycles. The molecule has 0 aliphatic rings. The van der Waals surface area contributed by atoms with Crippen LogP contribution in [0.25, 0.3) is 0 Å². The first kappa shape index (κ1) is 31.0. The van der Waals surface area contributed by atoms with E-state index in [9.17, 15) is 10.1 Å². The molecule has 0 amide bonds. The highest BCUT2D eigenvalue weighted by Crippen LogP contribution is 2.15. The van der Waals surface area contributed by atoms with Gasteiger partial charge in [0.05, 0.1) is 11.0 Å². The lowest BCUT2D eigenvalue weighted by atomic mass is 10.1. The van der Waals surface area contributed by atoms with Gasteiger partial charge in [0.1, 0.15) is 0 Å². The van der Waals surface area contributed by atoms with Crippen LogP contribution in [-0.4, -0.2) is 38.1 Å². The molecular formula is C23H36N3O3-. The van der Waals surface area contributed by atoms with Gasteiger partial charge in [-0.1, -0.05) is 50.2 Å². The zero-order chi connectivity index (χ0) is 23.2. The molecule has 0 aliphatic carbocycles. The Hall–Kier alpha value is -2.75. The van der Waals surface area contributed by atoms with Gasteiger partial charge in [-0.2, -0.15) is 12.4 Å². The Morgan fingerprint density at radius 2 is 1.41 bits per heavy atom. The summed E-state index contributed by atoms with van der Waals surface area (Å²) in [5.41, 5.74) is 3.61. The van der Waals surface area contributed by atoms with E-state index in [2.05, 4.69) is 31.2 Å². The van der Waals surface area contributed by atoms with Crippen molar-refractivity contribution in [1.29, 1.82) is 5.26 Å². The van der Waals surface area contributed by atoms with Gasteiger partial charge in [0.25, 0.3) is 5.69 Å². The number of hydrogen-bond donors (Lipinski definition) is 0. The van der Waals surface area contributed by atoms with E-state index < -0.39 is 0 Å². The van der Waals surface area contributed by atoms with Crippen LogP contribution in [-0.2, 0) is 6.42 Å². The average molecular weight is 403 g/mol. The maximum atomic E-state index is 10.3. The zero-order valence-electron chi connectivity index (χ0n) is 19.1. The molecule has 0 heterocycles. The van der Waals surface area contributed by atoms with E-state index in [-0.39, 0.29) is 10.6 Å². The second kappa shape index (κ2) is 21.5. The molecule has 6 nitrogen and oxygen atoms in total. The highest BCUT2D eigenvalue weighted by atomic mass is 16.6. The first-order chi connectivity index (χ1) is 13.7. The smallest absolute Gasteiger partial charge is 0.269 e. The van der Waals surface area contributed by atoms with Crippen molar-refractivity contribution >= 4 is 5.69 Å². The summed E-state index contributed by atoms with van der Waals surface area (Å²) in [5, 5.41) is 26.1. The van der Waals surface area contributed by atoms with Crippen molar-refractivity contribution in [2.45, 2.75) is 40.5 Å². The molecule has 0 saturated heterocycles. The Morgan fingerprint density at radius 3 is 1.69 bits per heavy atom. The maximum absolute atomic E-state index is 10.3. The Morgan fingerprint density at radius 1 is 0.966 bits per heavy atom. The van der Waals surface area contributed by atoms with Gasteiger partial charge in [-0.15, -0.1) is 0 Å². The molecule has 162 valence electrons. The van der Waals surface area contributed by atoms with Gasteiger partial charge in [-0.05, 0) is 58.1 Å². The van der Waals surface area contributed by atoms with Crippen molar-refractivity contribution in [3.8, 4) is 6.07 Å². The highest BCUT2D eigenvalue weighted by molar-refractivity contribution is 5.38. The summed E-state index contributed by atoms with van der Waals surface area (Å²) in [4.78, 5) is 11.9. The van der Waals surface area contributed by atoms with Crippen LogP contribution in [0.4, 0.5) is 5.69 Å². The molecule has 6 heteroatoms. The van der Waals surface area contributed by atoms with Gasteiger partial charge in [0.2, 0.25) is 0 Å². The standard InChI is InChI=1S/C8H9NO2.C8H10.C3H9N.C3H5N.CH3O/c1-6-3-4-8(9(10)11)5-7(6)2;1-2-8-6-4-3-5-7-8;1-4(2)3;1-2-3-4;1-2/h3-5H,1-2H3;3-7H,2H2,1H3;1-3H3;2H2,1H3;1H3/q;;;;-1. The molecule has 0 aliphatic heterocycles. The second-order valence-corrected chi connectivity index (χ2v) is 6.22. The van der Waals surface area contributed by atoms with Gasteiger partial charge >= 0.3 is 0 Å². The molecule has 0 radical (unpaired) electrons. The summed E-state index contributed by atoms with van der Waals surface area (Å²) in [6, 6.07) is 17.2. The minimum absolute atomic E-state index is 0.160. The third-order valence-electron chi connectivity index (χ3n) is 3.11. The molecule has 2 aromatic carbocycles. The van der Waals surface area contributed by atoms with Crippen molar-refractivity contribution < 1.29 is 10.0 Å². The number of rotatable bonds is 2. The number of hydrogen-bond acceptors (Lipinski definition) is 5. The fourth-order valence-corrected chi connectivity index (χ4v) is 1.55. The molecule has 2 aromatic rings. The molecule has 0 fully saturated rings. The van der Waals surface area contributed by atoms with E-state index in [0.717, 1.165) is 24.7 Å². The monoisotopic (exact) mass is 402 g/mol. The average Bonchev–Trinajstić information content (AvgIpc) is 2.72. The minimum Gasteiger partial charge on any atom is -0.857 e. The van der Waals surface area contributed by atoms with Crippen molar-refractivity contribution in [1.82, 2.24) is 4.90 Å². The first-order valence-corrected chi connectivity index (χ1v) is 9.33. The number of benzene rings is 2. The van der Waals surface area contributed by atoms with Crippen molar-refractivity contribution in [3.05, 3.63) is 75.3 Å². The molecule has 2 rings (SSSR count). The van der Waals surface area contributed by atoms with Crippen LogP contribution in [0.1, 0.15) is 37.0 Å². The predicted molar refractivity (Wildman–Crippen MR) is 120 cm³/mol. The lowest BCUT2D eigenvalue weighted by Crippen LogP contribution is -1.99. The van der Waals surface area contributed by atoms with E-state index in [4.69, 9.17) is 10.4 Å². The SMILES string of the molecule is CCC#N.CCc1ccccc1.CN(C)C.C[O-].Cc1ccc([N+](=O)[O-])cc1C. The summed E-state index contributed by atoms with van der Waals surface area (Å²) in [6.45, 7) is 7.77. The number of nitro groups is 1. The van der Waals surface area contributed by atoms with Crippen LogP contribution in [0.15, 0.2) is 48.5 Å². The predicted octanol–water partition coefficient (Wildman–Crippen LogP) is 4.53. The van der Waals surface area contributed by atoms with Crippen LogP contribution < -0.4 is 5.11 Å². The number of nitro benzene ring substituents is 1. The van der Waals surface area contributed by atoms with Gasteiger partial charge in [0, 0.05) is 18.6 Å². The highest BCUT2D eigenvalue weighted by Gasteiger charge is 2.04. The van der Waals surface area contributed by atoms with Gasteiger partial charge in [-0.3, -0.25) is 10.1 Å². The number of nitrogens with zero attached hydrogens (tertiary/aromatic N) is 3. The minimum atomic E-state index is -0.382. The fourth-order valence-electron chi connectivity index (χ4n) is 1.55. The van der Waals surface area contributed by atoms with E-state index in [1.165, 1.54) is 11.6 Å². The second-order valence-electron chi connectivity index (χ2n) is 6.22. The Labute approximate surface area is 176 Å². The molecule has 0 saturated carbocycles. The molecule has 0 atom stereocenters. The molecular weight excluding hydrogens is 366 g/mol. The van der Waals surface area contributed by atoms with Crippen LogP contribution in [0.5, 0.6) is 0 Å². The topological polar surface area (TPSA) is 93.2 Å². The van der Waals surface area contributed by atoms with E-state index in [0.29, 0.717) is 6.42 Å². The summed E-state index contributed by atoms with van der Waals surface area (Å²) in [7, 11) is 6.75. The third kappa shape index (κ3) is 21.4. The fraction of sp³-hybridized carbons (Fsp3) is 0.435. The number of non-ortho nitro benzene ring substituents is 1. The van der Waals surface area contributed by atoms with Gasteiger partial charge in [-0.25, -0.2) is 0 Å². The normalized spacial score (nSPS) is 8.31. The number of nitriles is 1. The van der Waals surface area contributed by atoms with Crippen LogP contribution in [0.3, 0.4) is 0 Å². The molecule has 0 spiro atoms. The third-order valence-corrected chi connectivity index (χ3v) is 3.11. The van der Waals surface area contributed by atoms with Gasteiger partial charge in [0.15, 0.2) is 0 Å². The Kier molecular flexibility index (Phi) is 23.0. The maximum Gasteiger partial charge on any atom is 0.269 e. The summed E-state index contributed by atoms with van der Waals surface area (Å²) in [6.07, 6.45) is 1.76. The first-order valence-electron chi connectivity index (χ1n) is 9.33.